The topological polar surface area (TPSA) is 88.9 Å². The van der Waals surface area contributed by atoms with Gasteiger partial charge in [0.05, 0.1) is 12.0 Å². The van der Waals surface area contributed by atoms with Crippen molar-refractivity contribution in [1.29, 1.82) is 0 Å². The van der Waals surface area contributed by atoms with Gasteiger partial charge in [-0.15, -0.1) is 0 Å². The summed E-state index contributed by atoms with van der Waals surface area (Å²) >= 11 is 0. The van der Waals surface area contributed by atoms with Crippen LogP contribution in [0.1, 0.15) is 31.7 Å². The lowest BCUT2D eigenvalue weighted by molar-refractivity contribution is -0.130. The summed E-state index contributed by atoms with van der Waals surface area (Å²) in [4.78, 5) is 26.9. The molecule has 1 aromatic carbocycles. The third kappa shape index (κ3) is 4.99. The molecular weight excluding hydrogens is 418 g/mol. The molecule has 0 radical (unpaired) electrons. The van der Waals surface area contributed by atoms with E-state index in [4.69, 9.17) is 4.74 Å². The van der Waals surface area contributed by atoms with Crippen molar-refractivity contribution in [2.75, 3.05) is 33.3 Å². The van der Waals surface area contributed by atoms with Crippen molar-refractivity contribution >= 4 is 15.9 Å². The normalized spacial score (nSPS) is 16.6. The van der Waals surface area contributed by atoms with E-state index in [-0.39, 0.29) is 23.3 Å². The molecule has 1 atom stereocenters. The van der Waals surface area contributed by atoms with Gasteiger partial charge in [-0.3, -0.25) is 9.59 Å². The number of aromatic nitrogens is 1. The van der Waals surface area contributed by atoms with Gasteiger partial charge in [0.15, 0.2) is 0 Å². The molecule has 1 saturated heterocycles. The average molecular weight is 448 g/mol. The Balaban J connectivity index is 1.72. The molecule has 1 aliphatic heterocycles. The van der Waals surface area contributed by atoms with Gasteiger partial charge in [-0.05, 0) is 30.2 Å². The number of sulfonamides is 1. The average Bonchev–Trinajstić information content (AvgIpc) is 3.26. The number of hydrogen-bond acceptors (Lipinski definition) is 5. The lowest BCUT2D eigenvalue weighted by Gasteiger charge is -2.20. The smallest absolute Gasteiger partial charge is 0.251 e. The largest absolute Gasteiger partial charge is 0.497 e. The number of amides is 1. The van der Waals surface area contributed by atoms with Crippen LogP contribution < -0.4 is 10.3 Å². The number of likely N-dealkylation sites (tertiary alicyclic amines) is 1. The Kier molecular flexibility index (Phi) is 7.17. The van der Waals surface area contributed by atoms with Gasteiger partial charge in [0.1, 0.15) is 12.3 Å². The summed E-state index contributed by atoms with van der Waals surface area (Å²) in [6.07, 6.45) is 2.11. The molecule has 0 saturated carbocycles. The molecule has 8 nitrogen and oxygen atoms in total. The number of ether oxygens (including phenoxy) is 1. The van der Waals surface area contributed by atoms with Crippen LogP contribution in [0.4, 0.5) is 0 Å². The van der Waals surface area contributed by atoms with E-state index in [9.17, 15) is 18.0 Å². The molecule has 168 valence electrons. The van der Waals surface area contributed by atoms with Crippen molar-refractivity contribution in [2.24, 2.45) is 0 Å². The first kappa shape index (κ1) is 23.0. The standard InChI is InChI=1S/C22H29N3O5S/c1-4-25(5-2)31(28,29)20-10-11-21(26)24(15-20)16-22(27)23-13-12-18(14-23)17-6-8-19(30-3)9-7-17/h6-11,15,18H,4-5,12-14,16H2,1-3H3. The molecule has 1 aromatic heterocycles. The summed E-state index contributed by atoms with van der Waals surface area (Å²) in [5.74, 6) is 0.810. The molecule has 1 fully saturated rings. The van der Waals surface area contributed by atoms with Crippen LogP contribution in [0.15, 0.2) is 52.3 Å². The highest BCUT2D eigenvalue weighted by atomic mass is 32.2. The van der Waals surface area contributed by atoms with Crippen molar-refractivity contribution in [1.82, 2.24) is 13.8 Å². The number of carbonyl (C=O) groups excluding carboxylic acids is 1. The highest BCUT2D eigenvalue weighted by molar-refractivity contribution is 7.89. The number of hydrogen-bond donors (Lipinski definition) is 0. The first-order valence-electron chi connectivity index (χ1n) is 10.4. The van der Waals surface area contributed by atoms with Gasteiger partial charge in [0.25, 0.3) is 5.56 Å². The SMILES string of the molecule is CCN(CC)S(=O)(=O)c1ccc(=O)n(CC(=O)N2CCC(c3ccc(OC)cc3)C2)c1. The van der Waals surface area contributed by atoms with Gasteiger partial charge in [-0.1, -0.05) is 26.0 Å². The quantitative estimate of drug-likeness (QED) is 0.617. The third-order valence-electron chi connectivity index (χ3n) is 5.73. The van der Waals surface area contributed by atoms with Gasteiger partial charge in [0.2, 0.25) is 15.9 Å². The van der Waals surface area contributed by atoms with E-state index in [0.717, 1.165) is 17.7 Å². The number of carbonyl (C=O) groups is 1. The molecule has 1 aliphatic rings. The van der Waals surface area contributed by atoms with Gasteiger partial charge in [0, 0.05) is 44.4 Å². The van der Waals surface area contributed by atoms with Crippen molar-refractivity contribution in [2.45, 2.75) is 37.6 Å². The molecule has 0 aliphatic carbocycles. The van der Waals surface area contributed by atoms with Crippen LogP contribution in [0.3, 0.4) is 0 Å². The van der Waals surface area contributed by atoms with Gasteiger partial charge >= 0.3 is 0 Å². The zero-order valence-corrected chi connectivity index (χ0v) is 19.0. The van der Waals surface area contributed by atoms with Crippen molar-refractivity contribution in [3.05, 3.63) is 58.5 Å². The number of rotatable bonds is 8. The molecule has 2 heterocycles. The predicted molar refractivity (Wildman–Crippen MR) is 118 cm³/mol. The van der Waals surface area contributed by atoms with E-state index >= 15 is 0 Å². The summed E-state index contributed by atoms with van der Waals surface area (Å²) in [6.45, 7) is 5.16. The second kappa shape index (κ2) is 9.65. The highest BCUT2D eigenvalue weighted by Crippen LogP contribution is 2.28. The number of methoxy groups -OCH3 is 1. The predicted octanol–water partition coefficient (Wildman–Crippen LogP) is 1.90. The maximum absolute atomic E-state index is 12.8. The van der Waals surface area contributed by atoms with Gasteiger partial charge in [-0.25, -0.2) is 8.42 Å². The second-order valence-electron chi connectivity index (χ2n) is 7.52. The Bertz CT molecular complexity index is 1080. The third-order valence-corrected chi connectivity index (χ3v) is 7.77. The number of nitrogens with zero attached hydrogens (tertiary/aromatic N) is 3. The van der Waals surface area contributed by atoms with E-state index in [2.05, 4.69) is 0 Å². The van der Waals surface area contributed by atoms with Crippen LogP contribution in [0.5, 0.6) is 5.75 Å². The van der Waals surface area contributed by atoms with Crippen LogP contribution in [0.2, 0.25) is 0 Å². The highest BCUT2D eigenvalue weighted by Gasteiger charge is 2.28. The van der Waals surface area contributed by atoms with Crippen LogP contribution >= 0.6 is 0 Å². The van der Waals surface area contributed by atoms with E-state index in [1.54, 1.807) is 25.9 Å². The van der Waals surface area contributed by atoms with E-state index in [0.29, 0.717) is 26.2 Å². The first-order valence-corrected chi connectivity index (χ1v) is 11.9. The summed E-state index contributed by atoms with van der Waals surface area (Å²) in [6, 6.07) is 10.3. The minimum atomic E-state index is -3.71. The Labute approximate surface area is 183 Å². The minimum absolute atomic E-state index is 0.0149. The molecule has 0 bridgehead atoms. The molecule has 0 spiro atoms. The lowest BCUT2D eigenvalue weighted by atomic mass is 9.98. The Morgan fingerprint density at radius 1 is 1.13 bits per heavy atom. The Morgan fingerprint density at radius 2 is 1.81 bits per heavy atom. The van der Waals surface area contributed by atoms with Crippen LogP contribution in [-0.2, 0) is 21.4 Å². The summed E-state index contributed by atoms with van der Waals surface area (Å²) in [7, 11) is -2.09. The maximum atomic E-state index is 12.8. The molecule has 3 rings (SSSR count). The van der Waals surface area contributed by atoms with E-state index in [1.165, 1.54) is 27.2 Å². The Hall–Kier alpha value is -2.65. The number of pyridine rings is 1. The summed E-state index contributed by atoms with van der Waals surface area (Å²) < 4.78 is 33.2. The van der Waals surface area contributed by atoms with Gasteiger partial charge in [-0.2, -0.15) is 4.31 Å². The molecule has 0 N–H and O–H groups in total. The lowest BCUT2D eigenvalue weighted by Crippen LogP contribution is -2.36. The summed E-state index contributed by atoms with van der Waals surface area (Å²) in [5, 5.41) is 0. The molecule has 1 unspecified atom stereocenters. The minimum Gasteiger partial charge on any atom is -0.497 e. The van der Waals surface area contributed by atoms with E-state index in [1.807, 2.05) is 24.3 Å². The fourth-order valence-electron chi connectivity index (χ4n) is 3.88. The molecule has 31 heavy (non-hydrogen) atoms. The molecule has 1 amide bonds. The number of benzene rings is 1. The van der Waals surface area contributed by atoms with Crippen LogP contribution in [0.25, 0.3) is 0 Å². The van der Waals surface area contributed by atoms with E-state index < -0.39 is 15.6 Å². The van der Waals surface area contributed by atoms with Crippen molar-refractivity contribution in [3.8, 4) is 5.75 Å². The van der Waals surface area contributed by atoms with Crippen molar-refractivity contribution in [3.63, 3.8) is 0 Å². The first-order chi connectivity index (χ1) is 14.8. The zero-order chi connectivity index (χ0) is 22.6. The fraction of sp³-hybridized carbons (Fsp3) is 0.455. The maximum Gasteiger partial charge on any atom is 0.251 e. The zero-order valence-electron chi connectivity index (χ0n) is 18.2. The Morgan fingerprint density at radius 3 is 2.42 bits per heavy atom. The molecule has 9 heteroatoms. The fourth-order valence-corrected chi connectivity index (χ4v) is 5.36. The molecule has 2 aromatic rings. The van der Waals surface area contributed by atoms with Gasteiger partial charge < -0.3 is 14.2 Å². The molecular formula is C22H29N3O5S. The summed E-state index contributed by atoms with van der Waals surface area (Å²) in [5.41, 5.74) is 0.735. The van der Waals surface area contributed by atoms with Crippen LogP contribution in [0, 0.1) is 0 Å². The van der Waals surface area contributed by atoms with Crippen LogP contribution in [-0.4, -0.2) is 61.4 Å². The second-order valence-corrected chi connectivity index (χ2v) is 9.46. The van der Waals surface area contributed by atoms with Crippen molar-refractivity contribution < 1.29 is 17.9 Å². The monoisotopic (exact) mass is 447 g/mol.